The molecular formula is C27H26ClN3O4. The smallest absolute Gasteiger partial charge is 0.318 e. The van der Waals surface area contributed by atoms with E-state index in [0.29, 0.717) is 34.1 Å². The van der Waals surface area contributed by atoms with Gasteiger partial charge in [-0.3, -0.25) is 4.79 Å². The molecule has 0 radical (unpaired) electrons. The molecule has 35 heavy (non-hydrogen) atoms. The van der Waals surface area contributed by atoms with Crippen LogP contribution < -0.4 is 20.3 Å². The van der Waals surface area contributed by atoms with Gasteiger partial charge in [-0.1, -0.05) is 60.1 Å². The Balaban J connectivity index is 1.64. The molecule has 0 saturated carbocycles. The molecule has 3 aromatic carbocycles. The summed E-state index contributed by atoms with van der Waals surface area (Å²) < 4.78 is 10.7. The van der Waals surface area contributed by atoms with E-state index in [2.05, 4.69) is 10.3 Å². The quantitative estimate of drug-likeness (QED) is 0.359. The highest BCUT2D eigenvalue weighted by molar-refractivity contribution is 6.31. The fraction of sp³-hybridized carbons (Fsp3) is 0.185. The second-order valence-corrected chi connectivity index (χ2v) is 8.42. The van der Waals surface area contributed by atoms with Gasteiger partial charge in [-0.25, -0.2) is 4.79 Å². The highest BCUT2D eigenvalue weighted by Gasteiger charge is 2.18. The number of carbonyl (C=O) groups is 1. The van der Waals surface area contributed by atoms with Crippen LogP contribution in [0.1, 0.15) is 16.7 Å². The van der Waals surface area contributed by atoms with Gasteiger partial charge in [0.25, 0.3) is 5.56 Å². The molecule has 0 unspecified atom stereocenters. The minimum Gasteiger partial charge on any atom is -0.493 e. The first-order valence-electron chi connectivity index (χ1n) is 11.1. The number of hydrogen-bond donors (Lipinski definition) is 2. The molecular weight excluding hydrogens is 466 g/mol. The molecule has 0 aliphatic heterocycles. The van der Waals surface area contributed by atoms with Crippen LogP contribution in [0.4, 0.5) is 4.79 Å². The summed E-state index contributed by atoms with van der Waals surface area (Å²) in [6.07, 6.45) is 0. The summed E-state index contributed by atoms with van der Waals surface area (Å²) in [4.78, 5) is 30.6. The molecule has 4 rings (SSSR count). The van der Waals surface area contributed by atoms with Crippen molar-refractivity contribution in [2.45, 2.75) is 19.6 Å². The number of aromatic nitrogens is 1. The first-order chi connectivity index (χ1) is 17.0. The van der Waals surface area contributed by atoms with Gasteiger partial charge in [-0.05, 0) is 29.3 Å². The Morgan fingerprint density at radius 2 is 1.57 bits per heavy atom. The lowest BCUT2D eigenvalue weighted by Crippen LogP contribution is -2.40. The molecule has 0 fully saturated rings. The Morgan fingerprint density at radius 1 is 0.914 bits per heavy atom. The molecule has 0 bridgehead atoms. The van der Waals surface area contributed by atoms with Crippen LogP contribution in [0.2, 0.25) is 5.02 Å². The van der Waals surface area contributed by atoms with Crippen molar-refractivity contribution in [3.05, 3.63) is 105 Å². The van der Waals surface area contributed by atoms with E-state index >= 15 is 0 Å². The number of carbonyl (C=O) groups excluding carboxylic acids is 1. The Labute approximate surface area is 208 Å². The highest BCUT2D eigenvalue weighted by atomic mass is 35.5. The summed E-state index contributed by atoms with van der Waals surface area (Å²) in [5, 5.41) is 4.26. The summed E-state index contributed by atoms with van der Waals surface area (Å²) in [6.45, 7) is 0.693. The molecule has 0 spiro atoms. The van der Waals surface area contributed by atoms with E-state index in [-0.39, 0.29) is 24.7 Å². The molecule has 1 heterocycles. The van der Waals surface area contributed by atoms with Crippen molar-refractivity contribution < 1.29 is 14.3 Å². The van der Waals surface area contributed by atoms with Gasteiger partial charge in [0.1, 0.15) is 0 Å². The summed E-state index contributed by atoms with van der Waals surface area (Å²) in [6, 6.07) is 21.9. The molecule has 2 amide bonds. The highest BCUT2D eigenvalue weighted by Crippen LogP contribution is 2.31. The van der Waals surface area contributed by atoms with Crippen molar-refractivity contribution in [1.29, 1.82) is 0 Å². The summed E-state index contributed by atoms with van der Waals surface area (Å²) >= 11 is 6.37. The number of urea groups is 1. The second kappa shape index (κ2) is 11.0. The fourth-order valence-electron chi connectivity index (χ4n) is 3.82. The number of rotatable bonds is 8. The Kier molecular flexibility index (Phi) is 7.57. The van der Waals surface area contributed by atoms with Crippen molar-refractivity contribution in [2.24, 2.45) is 0 Å². The number of fused-ring (bicyclic) bond motifs is 1. The zero-order chi connectivity index (χ0) is 24.8. The number of pyridine rings is 1. The third-order valence-electron chi connectivity index (χ3n) is 5.68. The molecule has 8 heteroatoms. The first kappa shape index (κ1) is 24.2. The van der Waals surface area contributed by atoms with Crippen molar-refractivity contribution in [1.82, 2.24) is 15.2 Å². The number of halogens is 1. The maximum absolute atomic E-state index is 13.2. The van der Waals surface area contributed by atoms with E-state index in [9.17, 15) is 9.59 Å². The van der Waals surface area contributed by atoms with Crippen LogP contribution in [0.3, 0.4) is 0 Å². The van der Waals surface area contributed by atoms with E-state index in [0.717, 1.165) is 16.5 Å². The van der Waals surface area contributed by atoms with Crippen molar-refractivity contribution in [2.75, 3.05) is 14.2 Å². The number of methoxy groups -OCH3 is 2. The molecule has 1 aromatic heterocycles. The lowest BCUT2D eigenvalue weighted by atomic mass is 10.1. The van der Waals surface area contributed by atoms with Crippen LogP contribution in [0, 0.1) is 0 Å². The molecule has 7 nitrogen and oxygen atoms in total. The standard InChI is InChI=1S/C27H26ClN3O4/c1-34-24-13-20-12-21(26(32)30-23(20)14-25(24)35-2)17-31(16-19-10-6-7-11-22(19)28)27(33)29-15-18-8-4-3-5-9-18/h3-14H,15-17H2,1-2H3,(H,29,33)(H,30,32). The third kappa shape index (κ3) is 5.75. The Bertz CT molecular complexity index is 1390. The molecule has 180 valence electrons. The first-order valence-corrected chi connectivity index (χ1v) is 11.4. The normalized spacial score (nSPS) is 10.7. The predicted molar refractivity (Wildman–Crippen MR) is 137 cm³/mol. The van der Waals surface area contributed by atoms with Gasteiger partial charge < -0.3 is 24.7 Å². The van der Waals surface area contributed by atoms with E-state index in [1.54, 1.807) is 36.3 Å². The van der Waals surface area contributed by atoms with Gasteiger partial charge in [0.2, 0.25) is 0 Å². The van der Waals surface area contributed by atoms with Gasteiger partial charge in [0.05, 0.1) is 26.3 Å². The van der Waals surface area contributed by atoms with Crippen LogP contribution in [0.25, 0.3) is 10.9 Å². The third-order valence-corrected chi connectivity index (χ3v) is 6.05. The lowest BCUT2D eigenvalue weighted by Gasteiger charge is -2.24. The molecule has 0 aliphatic carbocycles. The molecule has 2 N–H and O–H groups in total. The fourth-order valence-corrected chi connectivity index (χ4v) is 4.01. The zero-order valence-electron chi connectivity index (χ0n) is 19.5. The van der Waals surface area contributed by atoms with Crippen molar-refractivity contribution in [3.63, 3.8) is 0 Å². The number of H-pyrrole nitrogens is 1. The van der Waals surface area contributed by atoms with E-state index in [1.807, 2.05) is 48.5 Å². The number of benzene rings is 3. The number of nitrogens with one attached hydrogen (secondary N) is 2. The van der Waals surface area contributed by atoms with E-state index in [1.165, 1.54) is 7.11 Å². The zero-order valence-corrected chi connectivity index (χ0v) is 20.3. The average molecular weight is 492 g/mol. The second-order valence-electron chi connectivity index (χ2n) is 8.01. The molecule has 4 aromatic rings. The largest absolute Gasteiger partial charge is 0.493 e. The number of aromatic amines is 1. The minimum atomic E-state index is -0.305. The monoisotopic (exact) mass is 491 g/mol. The predicted octanol–water partition coefficient (Wildman–Crippen LogP) is 5.11. The maximum atomic E-state index is 13.2. The van der Waals surface area contributed by atoms with E-state index < -0.39 is 0 Å². The lowest BCUT2D eigenvalue weighted by molar-refractivity contribution is 0.191. The van der Waals surface area contributed by atoms with Gasteiger partial charge in [0, 0.05) is 35.1 Å². The number of ether oxygens (including phenoxy) is 2. The van der Waals surface area contributed by atoms with Crippen LogP contribution in [0.5, 0.6) is 11.5 Å². The summed E-state index contributed by atoms with van der Waals surface area (Å²) in [5.41, 5.74) is 2.52. The van der Waals surface area contributed by atoms with Gasteiger partial charge in [-0.15, -0.1) is 0 Å². The average Bonchev–Trinajstić information content (AvgIpc) is 2.88. The van der Waals surface area contributed by atoms with Gasteiger partial charge >= 0.3 is 6.03 Å². The SMILES string of the molecule is COc1cc2cc(CN(Cc3ccccc3Cl)C(=O)NCc3ccccc3)c(=O)[nH]c2cc1OC. The summed E-state index contributed by atoms with van der Waals surface area (Å²) in [7, 11) is 3.09. The van der Waals surface area contributed by atoms with Crippen LogP contribution in [-0.4, -0.2) is 30.1 Å². The van der Waals surface area contributed by atoms with E-state index in [4.69, 9.17) is 21.1 Å². The summed E-state index contributed by atoms with van der Waals surface area (Å²) in [5.74, 6) is 1.07. The topological polar surface area (TPSA) is 83.7 Å². The Morgan fingerprint density at radius 3 is 2.29 bits per heavy atom. The Hall–Kier alpha value is -3.97. The molecule has 0 aliphatic rings. The van der Waals surface area contributed by atoms with Crippen molar-refractivity contribution in [3.8, 4) is 11.5 Å². The molecule has 0 atom stereocenters. The van der Waals surface area contributed by atoms with Crippen LogP contribution in [0.15, 0.2) is 77.6 Å². The van der Waals surface area contributed by atoms with Crippen LogP contribution in [-0.2, 0) is 19.6 Å². The number of amides is 2. The van der Waals surface area contributed by atoms with Gasteiger partial charge in [0.15, 0.2) is 11.5 Å². The van der Waals surface area contributed by atoms with Crippen LogP contribution >= 0.6 is 11.6 Å². The maximum Gasteiger partial charge on any atom is 0.318 e. The van der Waals surface area contributed by atoms with Gasteiger partial charge in [-0.2, -0.15) is 0 Å². The molecule has 0 saturated heterocycles. The number of nitrogens with zero attached hydrogens (tertiary/aromatic N) is 1. The number of hydrogen-bond acceptors (Lipinski definition) is 4. The van der Waals surface area contributed by atoms with Crippen molar-refractivity contribution >= 4 is 28.5 Å². The minimum absolute atomic E-state index is 0.0888.